The molecule has 0 aromatic carbocycles. The third kappa shape index (κ3) is 3.27. The second-order valence-electron chi connectivity index (χ2n) is 4.39. The van der Waals surface area contributed by atoms with Gasteiger partial charge < -0.3 is 5.11 Å². The number of aliphatic hydroxyl groups is 1. The molecule has 0 saturated carbocycles. The lowest BCUT2D eigenvalue weighted by Gasteiger charge is -2.16. The molecule has 0 bridgehead atoms. The van der Waals surface area contributed by atoms with Crippen molar-refractivity contribution in [3.8, 4) is 0 Å². The van der Waals surface area contributed by atoms with Crippen LogP contribution in [0.3, 0.4) is 0 Å². The monoisotopic (exact) mass is 208 g/mol. The second-order valence-corrected chi connectivity index (χ2v) is 4.39. The topological polar surface area (TPSA) is 46.0 Å². The molecule has 1 atom stereocenters. The molecule has 3 heteroatoms. The van der Waals surface area contributed by atoms with Gasteiger partial charge in [0.25, 0.3) is 0 Å². The molecule has 1 heterocycles. The highest BCUT2D eigenvalue weighted by Crippen LogP contribution is 2.23. The first-order valence-electron chi connectivity index (χ1n) is 5.55. The maximum atomic E-state index is 10.1. The van der Waals surface area contributed by atoms with E-state index in [0.29, 0.717) is 5.92 Å². The van der Waals surface area contributed by atoms with Crippen LogP contribution in [0.1, 0.15) is 50.2 Å². The normalized spacial score (nSPS) is 13.2. The molecule has 0 amide bonds. The fraction of sp³-hybridized carbons (Fsp3) is 0.667. The van der Waals surface area contributed by atoms with Gasteiger partial charge in [0.2, 0.25) is 0 Å². The van der Waals surface area contributed by atoms with E-state index in [9.17, 15) is 5.11 Å². The molecule has 15 heavy (non-hydrogen) atoms. The fourth-order valence-electron chi connectivity index (χ4n) is 1.67. The molecule has 0 aliphatic carbocycles. The first-order chi connectivity index (χ1) is 7.04. The maximum Gasteiger partial charge on any atom is 0.0811 e. The lowest BCUT2D eigenvalue weighted by molar-refractivity contribution is 0.149. The maximum absolute atomic E-state index is 10.1. The SMILES string of the molecule is CCc1nnc(C)cc1C(O)CC(C)C. The number of nitrogens with zero attached hydrogens (tertiary/aromatic N) is 2. The Kier molecular flexibility index (Phi) is 4.21. The first kappa shape index (κ1) is 12.1. The molecule has 0 radical (unpaired) electrons. The predicted molar refractivity (Wildman–Crippen MR) is 60.6 cm³/mol. The molecule has 0 aliphatic rings. The molecule has 3 nitrogen and oxygen atoms in total. The van der Waals surface area contributed by atoms with E-state index in [1.807, 2.05) is 19.9 Å². The largest absolute Gasteiger partial charge is 0.388 e. The van der Waals surface area contributed by atoms with Crippen molar-refractivity contribution in [2.45, 2.75) is 46.6 Å². The van der Waals surface area contributed by atoms with Crippen LogP contribution in [0.5, 0.6) is 0 Å². The van der Waals surface area contributed by atoms with Gasteiger partial charge in [0.15, 0.2) is 0 Å². The zero-order chi connectivity index (χ0) is 11.4. The average Bonchev–Trinajstić information content (AvgIpc) is 2.16. The Hall–Kier alpha value is -0.960. The van der Waals surface area contributed by atoms with Gasteiger partial charge in [-0.05, 0) is 31.7 Å². The van der Waals surface area contributed by atoms with E-state index in [0.717, 1.165) is 29.8 Å². The number of aromatic nitrogens is 2. The molecule has 84 valence electrons. The van der Waals surface area contributed by atoms with E-state index in [4.69, 9.17) is 0 Å². The summed E-state index contributed by atoms with van der Waals surface area (Å²) >= 11 is 0. The minimum Gasteiger partial charge on any atom is -0.388 e. The van der Waals surface area contributed by atoms with Crippen LogP contribution in [-0.2, 0) is 6.42 Å². The third-order valence-corrected chi connectivity index (χ3v) is 2.41. The van der Waals surface area contributed by atoms with Gasteiger partial charge >= 0.3 is 0 Å². The molecule has 1 unspecified atom stereocenters. The molecule has 0 saturated heterocycles. The summed E-state index contributed by atoms with van der Waals surface area (Å²) in [6, 6.07) is 1.94. The molecule has 0 aliphatic heterocycles. The van der Waals surface area contributed by atoms with Crippen LogP contribution in [0.15, 0.2) is 6.07 Å². The van der Waals surface area contributed by atoms with Gasteiger partial charge in [0.05, 0.1) is 17.5 Å². The van der Waals surface area contributed by atoms with Crippen LogP contribution in [0.2, 0.25) is 0 Å². The second kappa shape index (κ2) is 5.21. The average molecular weight is 208 g/mol. The summed E-state index contributed by atoms with van der Waals surface area (Å²) in [7, 11) is 0. The highest BCUT2D eigenvalue weighted by molar-refractivity contribution is 5.23. The first-order valence-corrected chi connectivity index (χ1v) is 5.55. The van der Waals surface area contributed by atoms with Crippen LogP contribution in [0, 0.1) is 12.8 Å². The smallest absolute Gasteiger partial charge is 0.0811 e. The third-order valence-electron chi connectivity index (χ3n) is 2.41. The van der Waals surface area contributed by atoms with Crippen molar-refractivity contribution >= 4 is 0 Å². The van der Waals surface area contributed by atoms with E-state index in [2.05, 4.69) is 24.0 Å². The van der Waals surface area contributed by atoms with E-state index in [-0.39, 0.29) is 0 Å². The van der Waals surface area contributed by atoms with Crippen LogP contribution < -0.4 is 0 Å². The van der Waals surface area contributed by atoms with Crippen LogP contribution in [0.25, 0.3) is 0 Å². The van der Waals surface area contributed by atoms with Gasteiger partial charge in [-0.2, -0.15) is 10.2 Å². The van der Waals surface area contributed by atoms with Crippen molar-refractivity contribution in [1.29, 1.82) is 0 Å². The van der Waals surface area contributed by atoms with Gasteiger partial charge in [-0.3, -0.25) is 0 Å². The number of aliphatic hydroxyl groups excluding tert-OH is 1. The van der Waals surface area contributed by atoms with Gasteiger partial charge in [0.1, 0.15) is 0 Å². The quantitative estimate of drug-likeness (QED) is 0.826. The van der Waals surface area contributed by atoms with Crippen molar-refractivity contribution in [3.63, 3.8) is 0 Å². The lowest BCUT2D eigenvalue weighted by atomic mass is 9.97. The Bertz CT molecular complexity index is 323. The van der Waals surface area contributed by atoms with Crippen LogP contribution in [0.4, 0.5) is 0 Å². The standard InChI is InChI=1S/C12H20N2O/c1-5-11-10(7-9(4)13-14-11)12(15)6-8(2)3/h7-8,12,15H,5-6H2,1-4H3. The Morgan fingerprint density at radius 2 is 2.00 bits per heavy atom. The zero-order valence-corrected chi connectivity index (χ0v) is 9.99. The van der Waals surface area contributed by atoms with E-state index in [1.165, 1.54) is 0 Å². The summed E-state index contributed by atoms with van der Waals surface area (Å²) in [6.07, 6.45) is 1.18. The van der Waals surface area contributed by atoms with Gasteiger partial charge in [-0.15, -0.1) is 0 Å². The summed E-state index contributed by atoms with van der Waals surface area (Å²) in [5.41, 5.74) is 2.72. The van der Waals surface area contributed by atoms with Gasteiger partial charge in [0, 0.05) is 5.56 Å². The molecule has 1 aromatic rings. The summed E-state index contributed by atoms with van der Waals surface area (Å²) in [5.74, 6) is 0.484. The Labute approximate surface area is 91.6 Å². The Morgan fingerprint density at radius 3 is 2.53 bits per heavy atom. The summed E-state index contributed by atoms with van der Waals surface area (Å²) in [4.78, 5) is 0. The minimum atomic E-state index is -0.408. The van der Waals surface area contributed by atoms with Crippen molar-refractivity contribution in [3.05, 3.63) is 23.0 Å². The van der Waals surface area contributed by atoms with Crippen molar-refractivity contribution in [2.24, 2.45) is 5.92 Å². The van der Waals surface area contributed by atoms with E-state index >= 15 is 0 Å². The molecular formula is C12H20N2O. The molecule has 0 spiro atoms. The zero-order valence-electron chi connectivity index (χ0n) is 9.99. The molecule has 1 aromatic heterocycles. The lowest BCUT2D eigenvalue weighted by Crippen LogP contribution is -2.08. The number of rotatable bonds is 4. The molecule has 1 N–H and O–H groups in total. The fourth-order valence-corrected chi connectivity index (χ4v) is 1.67. The molecule has 1 rings (SSSR count). The highest BCUT2D eigenvalue weighted by atomic mass is 16.3. The van der Waals surface area contributed by atoms with E-state index < -0.39 is 6.10 Å². The van der Waals surface area contributed by atoms with Crippen LogP contribution in [-0.4, -0.2) is 15.3 Å². The van der Waals surface area contributed by atoms with Crippen LogP contribution >= 0.6 is 0 Å². The molecule has 0 fully saturated rings. The predicted octanol–water partition coefficient (Wildman–Crippen LogP) is 2.43. The number of hydrogen-bond donors (Lipinski definition) is 1. The Morgan fingerprint density at radius 1 is 1.33 bits per heavy atom. The van der Waals surface area contributed by atoms with Gasteiger partial charge in [-0.1, -0.05) is 20.8 Å². The Balaban J connectivity index is 2.94. The van der Waals surface area contributed by atoms with E-state index in [1.54, 1.807) is 0 Å². The van der Waals surface area contributed by atoms with Gasteiger partial charge in [-0.25, -0.2) is 0 Å². The van der Waals surface area contributed by atoms with Crippen molar-refractivity contribution in [2.75, 3.05) is 0 Å². The van der Waals surface area contributed by atoms with Crippen molar-refractivity contribution < 1.29 is 5.11 Å². The summed E-state index contributed by atoms with van der Waals surface area (Å²) in [5, 5.41) is 18.2. The summed E-state index contributed by atoms with van der Waals surface area (Å²) < 4.78 is 0. The minimum absolute atomic E-state index is 0.408. The number of hydrogen-bond acceptors (Lipinski definition) is 3. The van der Waals surface area contributed by atoms with Crippen molar-refractivity contribution in [1.82, 2.24) is 10.2 Å². The number of aryl methyl sites for hydroxylation is 2. The molecular weight excluding hydrogens is 188 g/mol. The summed E-state index contributed by atoms with van der Waals surface area (Å²) in [6.45, 7) is 8.15. The highest BCUT2D eigenvalue weighted by Gasteiger charge is 2.14.